The summed E-state index contributed by atoms with van der Waals surface area (Å²) in [6.07, 6.45) is -4.43. The van der Waals surface area contributed by atoms with E-state index in [4.69, 9.17) is 51.0 Å². The quantitative estimate of drug-likeness (QED) is 0.0895. The standard InChI is InChI=1S/C33H29Cl2O9P/c1-22-13-17-24(18-14-22)30(36)39-21-28-29(41-31(37)25-19-15-23(2)16-20-25)33(34,35)32(40-28)44-45(38,42-26-9-5-3-6-10-26)43-27-11-7-4-8-12-27/h3-20,28-29,32H,21H2,1-2H3/t28-,29-,32?/m1/s1. The summed E-state index contributed by atoms with van der Waals surface area (Å²) >= 11 is 13.6. The summed E-state index contributed by atoms with van der Waals surface area (Å²) in [6, 6.07) is 29.7. The number of alkyl halides is 2. The number of aryl methyl sites for hydroxylation is 2. The lowest BCUT2D eigenvalue weighted by molar-refractivity contribution is -0.105. The number of para-hydroxylation sites is 2. The number of esters is 2. The Labute approximate surface area is 270 Å². The van der Waals surface area contributed by atoms with E-state index < -0.39 is 49.2 Å². The lowest BCUT2D eigenvalue weighted by Gasteiger charge is -2.28. The molecule has 45 heavy (non-hydrogen) atoms. The van der Waals surface area contributed by atoms with Crippen LogP contribution in [0.2, 0.25) is 0 Å². The molecular weight excluding hydrogens is 642 g/mol. The van der Waals surface area contributed by atoms with Crippen LogP contribution in [-0.4, -0.2) is 41.4 Å². The van der Waals surface area contributed by atoms with Crippen LogP contribution in [-0.2, 0) is 23.3 Å². The number of ether oxygens (including phenoxy) is 3. The Balaban J connectivity index is 1.41. The normalized spacial score (nSPS) is 19.0. The van der Waals surface area contributed by atoms with Gasteiger partial charge in [-0.1, -0.05) is 95.0 Å². The lowest BCUT2D eigenvalue weighted by atomic mass is 10.1. The van der Waals surface area contributed by atoms with Gasteiger partial charge in [0.15, 0.2) is 6.10 Å². The maximum absolute atomic E-state index is 14.1. The third kappa shape index (κ3) is 8.25. The number of hydrogen-bond donors (Lipinski definition) is 0. The summed E-state index contributed by atoms with van der Waals surface area (Å²) in [5, 5.41) is 0. The number of carbonyl (C=O) groups excluding carboxylic acids is 2. The second-order valence-electron chi connectivity index (χ2n) is 10.2. The first-order valence-corrected chi connectivity index (χ1v) is 16.1. The van der Waals surface area contributed by atoms with Crippen LogP contribution >= 0.6 is 31.0 Å². The molecule has 1 saturated heterocycles. The van der Waals surface area contributed by atoms with Gasteiger partial charge in [0.25, 0.3) is 0 Å². The van der Waals surface area contributed by atoms with Crippen LogP contribution < -0.4 is 9.05 Å². The highest BCUT2D eigenvalue weighted by Gasteiger charge is 2.61. The summed E-state index contributed by atoms with van der Waals surface area (Å²) in [5.41, 5.74) is 2.40. The van der Waals surface area contributed by atoms with Crippen molar-refractivity contribution in [3.05, 3.63) is 131 Å². The van der Waals surface area contributed by atoms with Gasteiger partial charge in [-0.25, -0.2) is 18.7 Å². The molecule has 1 unspecified atom stereocenters. The minimum Gasteiger partial charge on any atom is -0.459 e. The fourth-order valence-electron chi connectivity index (χ4n) is 4.28. The Morgan fingerprint density at radius 2 is 1.20 bits per heavy atom. The Morgan fingerprint density at radius 3 is 1.69 bits per heavy atom. The van der Waals surface area contributed by atoms with E-state index in [1.165, 1.54) is 0 Å². The zero-order valence-electron chi connectivity index (χ0n) is 24.2. The first-order valence-electron chi connectivity index (χ1n) is 13.8. The fraction of sp³-hybridized carbons (Fsp3) is 0.212. The Hall–Kier alpha value is -3.85. The molecule has 12 heteroatoms. The second kappa shape index (κ2) is 14.1. The molecule has 0 aliphatic carbocycles. The number of hydrogen-bond acceptors (Lipinski definition) is 9. The number of halogens is 2. The number of phosphoric ester groups is 1. The molecule has 0 saturated carbocycles. The van der Waals surface area contributed by atoms with E-state index in [9.17, 15) is 14.2 Å². The third-order valence-electron chi connectivity index (χ3n) is 6.66. The summed E-state index contributed by atoms with van der Waals surface area (Å²) in [4.78, 5) is 26.0. The lowest BCUT2D eigenvalue weighted by Crippen LogP contribution is -2.43. The Bertz CT molecular complexity index is 1600. The van der Waals surface area contributed by atoms with Crippen molar-refractivity contribution in [2.24, 2.45) is 0 Å². The molecule has 0 spiro atoms. The van der Waals surface area contributed by atoms with Crippen molar-refractivity contribution in [3.8, 4) is 11.5 Å². The molecular formula is C33H29Cl2O9P. The van der Waals surface area contributed by atoms with Gasteiger partial charge in [0.2, 0.25) is 10.6 Å². The van der Waals surface area contributed by atoms with Gasteiger partial charge >= 0.3 is 19.8 Å². The zero-order chi connectivity index (χ0) is 32.0. The molecule has 0 aromatic heterocycles. The van der Waals surface area contributed by atoms with E-state index in [0.29, 0.717) is 5.56 Å². The molecule has 1 aliphatic rings. The first-order chi connectivity index (χ1) is 21.5. The smallest absolute Gasteiger partial charge is 0.459 e. The van der Waals surface area contributed by atoms with Crippen LogP contribution in [0.4, 0.5) is 0 Å². The molecule has 4 aromatic rings. The Morgan fingerprint density at radius 1 is 0.733 bits per heavy atom. The van der Waals surface area contributed by atoms with Gasteiger partial charge in [0.05, 0.1) is 11.1 Å². The second-order valence-corrected chi connectivity index (χ2v) is 13.1. The van der Waals surface area contributed by atoms with Crippen LogP contribution in [0.25, 0.3) is 0 Å². The average Bonchev–Trinajstić information content (AvgIpc) is 3.25. The van der Waals surface area contributed by atoms with Crippen molar-refractivity contribution in [2.45, 2.75) is 36.7 Å². The minimum absolute atomic E-state index is 0.162. The van der Waals surface area contributed by atoms with E-state index in [0.717, 1.165) is 11.1 Å². The molecule has 0 radical (unpaired) electrons. The first kappa shape index (κ1) is 32.5. The monoisotopic (exact) mass is 670 g/mol. The van der Waals surface area contributed by atoms with Crippen LogP contribution in [0, 0.1) is 13.8 Å². The van der Waals surface area contributed by atoms with Crippen LogP contribution in [0.5, 0.6) is 11.5 Å². The zero-order valence-corrected chi connectivity index (χ0v) is 26.6. The highest BCUT2D eigenvalue weighted by molar-refractivity contribution is 7.49. The van der Waals surface area contributed by atoms with Crippen molar-refractivity contribution >= 4 is 43.0 Å². The highest BCUT2D eigenvalue weighted by atomic mass is 35.5. The van der Waals surface area contributed by atoms with Gasteiger partial charge in [-0.3, -0.25) is 0 Å². The summed E-state index contributed by atoms with van der Waals surface area (Å²) in [6.45, 7) is 3.32. The van der Waals surface area contributed by atoms with Gasteiger partial charge in [-0.05, 0) is 62.4 Å². The molecule has 1 heterocycles. The maximum atomic E-state index is 14.1. The maximum Gasteiger partial charge on any atom is 0.590 e. The van der Waals surface area contributed by atoms with Crippen LogP contribution in [0.3, 0.4) is 0 Å². The molecule has 9 nitrogen and oxygen atoms in total. The van der Waals surface area contributed by atoms with Gasteiger partial charge in [0, 0.05) is 0 Å². The molecule has 234 valence electrons. The molecule has 1 aliphatic heterocycles. The SMILES string of the molecule is Cc1ccc(C(=O)OC[C@H]2OC(OP(=O)(Oc3ccccc3)Oc3ccccc3)C(Cl)(Cl)[C@@H]2OC(=O)c2ccc(C)cc2)cc1. The summed E-state index contributed by atoms with van der Waals surface area (Å²) < 4.78 is 46.2. The van der Waals surface area contributed by atoms with Gasteiger partial charge in [0.1, 0.15) is 24.2 Å². The number of phosphoric acid groups is 1. The number of rotatable bonds is 11. The van der Waals surface area contributed by atoms with Gasteiger partial charge < -0.3 is 23.3 Å². The van der Waals surface area contributed by atoms with Crippen LogP contribution in [0.15, 0.2) is 109 Å². The predicted molar refractivity (Wildman–Crippen MR) is 168 cm³/mol. The van der Waals surface area contributed by atoms with Crippen molar-refractivity contribution in [2.75, 3.05) is 6.61 Å². The van der Waals surface area contributed by atoms with Crippen molar-refractivity contribution in [3.63, 3.8) is 0 Å². The average molecular weight is 671 g/mol. The number of carbonyl (C=O) groups is 2. The van der Waals surface area contributed by atoms with Crippen molar-refractivity contribution in [1.82, 2.24) is 0 Å². The van der Waals surface area contributed by atoms with Gasteiger partial charge in [-0.2, -0.15) is 0 Å². The molecule has 0 bridgehead atoms. The molecule has 0 amide bonds. The molecule has 4 aromatic carbocycles. The highest BCUT2D eigenvalue weighted by Crippen LogP contribution is 2.55. The molecule has 5 rings (SSSR count). The summed E-state index contributed by atoms with van der Waals surface area (Å²) in [5.74, 6) is -1.10. The van der Waals surface area contributed by atoms with Crippen LogP contribution in [0.1, 0.15) is 31.8 Å². The Kier molecular flexibility index (Phi) is 10.2. The largest absolute Gasteiger partial charge is 0.590 e. The van der Waals surface area contributed by atoms with Crippen molar-refractivity contribution in [1.29, 1.82) is 0 Å². The third-order valence-corrected chi connectivity index (χ3v) is 8.77. The molecule has 1 fully saturated rings. The van der Waals surface area contributed by atoms with E-state index >= 15 is 0 Å². The van der Waals surface area contributed by atoms with Gasteiger partial charge in [-0.15, -0.1) is 0 Å². The molecule has 0 N–H and O–H groups in total. The van der Waals surface area contributed by atoms with E-state index in [1.54, 1.807) is 109 Å². The summed E-state index contributed by atoms with van der Waals surface area (Å²) in [7, 11) is -4.58. The number of benzene rings is 4. The van der Waals surface area contributed by atoms with E-state index in [2.05, 4.69) is 0 Å². The topological polar surface area (TPSA) is 107 Å². The molecule has 3 atom stereocenters. The predicted octanol–water partition coefficient (Wildman–Crippen LogP) is 7.87. The van der Waals surface area contributed by atoms with E-state index in [1.807, 2.05) is 13.8 Å². The fourth-order valence-corrected chi connectivity index (χ4v) is 6.30. The van der Waals surface area contributed by atoms with Crippen molar-refractivity contribution < 1.29 is 41.9 Å². The minimum atomic E-state index is -4.58. The van der Waals surface area contributed by atoms with E-state index in [-0.39, 0.29) is 17.1 Å².